The molecule has 0 saturated carbocycles. The number of ether oxygens (including phenoxy) is 2. The molecule has 3 atom stereocenters. The van der Waals surface area contributed by atoms with Crippen LogP contribution in [-0.2, 0) is 9.47 Å². The molecule has 0 unspecified atom stereocenters. The quantitative estimate of drug-likeness (QED) is 0.786. The molecule has 0 spiro atoms. The van der Waals surface area contributed by atoms with Crippen molar-refractivity contribution < 1.29 is 19.1 Å². The molecule has 2 aliphatic heterocycles. The average molecular weight is 343 g/mol. The summed E-state index contributed by atoms with van der Waals surface area (Å²) in [7, 11) is 0. The van der Waals surface area contributed by atoms with Crippen molar-refractivity contribution in [1.29, 1.82) is 0 Å². The van der Waals surface area contributed by atoms with Gasteiger partial charge in [-0.2, -0.15) is 0 Å². The number of ketones is 2. The van der Waals surface area contributed by atoms with Crippen LogP contribution in [0.3, 0.4) is 0 Å². The van der Waals surface area contributed by atoms with Crippen LogP contribution in [0.2, 0.25) is 5.02 Å². The highest BCUT2D eigenvalue weighted by Gasteiger charge is 2.62. The highest BCUT2D eigenvalue weighted by Crippen LogP contribution is 2.50. The number of fused-ring (bicyclic) bond motifs is 3. The van der Waals surface area contributed by atoms with E-state index in [4.69, 9.17) is 21.1 Å². The van der Waals surface area contributed by atoms with Gasteiger partial charge >= 0.3 is 0 Å². The van der Waals surface area contributed by atoms with Crippen LogP contribution in [-0.4, -0.2) is 23.0 Å². The number of halogens is 1. The predicted octanol–water partition coefficient (Wildman–Crippen LogP) is 3.98. The molecule has 24 heavy (non-hydrogen) atoms. The van der Waals surface area contributed by atoms with Crippen molar-refractivity contribution in [3.63, 3.8) is 0 Å². The van der Waals surface area contributed by atoms with Gasteiger partial charge in [0.25, 0.3) is 0 Å². The van der Waals surface area contributed by atoms with E-state index in [9.17, 15) is 9.59 Å². The van der Waals surface area contributed by atoms with Gasteiger partial charge < -0.3 is 9.47 Å². The lowest BCUT2D eigenvalue weighted by atomic mass is 9.83. The zero-order valence-corrected chi connectivity index (χ0v) is 14.0. The summed E-state index contributed by atoms with van der Waals surface area (Å²) < 4.78 is 11.9. The van der Waals surface area contributed by atoms with Crippen LogP contribution in [0, 0.1) is 0 Å². The molecule has 0 aromatic heterocycles. The average Bonchev–Trinajstić information content (AvgIpc) is 2.84. The Bertz CT molecular complexity index is 860. The molecule has 4 nitrogen and oxygen atoms in total. The van der Waals surface area contributed by atoms with Gasteiger partial charge in [0.15, 0.2) is 11.4 Å². The second-order valence-electron chi connectivity index (χ2n) is 6.41. The summed E-state index contributed by atoms with van der Waals surface area (Å²) in [6, 6.07) is 13.8. The van der Waals surface area contributed by atoms with E-state index in [1.54, 1.807) is 62.4 Å². The molecule has 2 aromatic carbocycles. The van der Waals surface area contributed by atoms with Gasteiger partial charge in [0, 0.05) is 16.1 Å². The minimum Gasteiger partial charge on any atom is -0.332 e. The lowest BCUT2D eigenvalue weighted by Gasteiger charge is -2.27. The van der Waals surface area contributed by atoms with E-state index in [-0.39, 0.29) is 11.6 Å². The van der Waals surface area contributed by atoms with Crippen LogP contribution in [0.15, 0.2) is 48.5 Å². The lowest BCUT2D eigenvalue weighted by Crippen LogP contribution is -2.41. The van der Waals surface area contributed by atoms with Crippen molar-refractivity contribution in [2.45, 2.75) is 31.3 Å². The topological polar surface area (TPSA) is 52.6 Å². The normalized spacial score (nSPS) is 31.7. The molecule has 2 heterocycles. The van der Waals surface area contributed by atoms with Gasteiger partial charge in [-0.25, -0.2) is 0 Å². The summed E-state index contributed by atoms with van der Waals surface area (Å²) in [5, 5.41) is 0.585. The number of carbonyl (C=O) groups is 2. The third-order valence-corrected chi connectivity index (χ3v) is 4.95. The van der Waals surface area contributed by atoms with Crippen molar-refractivity contribution in [3.8, 4) is 0 Å². The van der Waals surface area contributed by atoms with E-state index in [2.05, 4.69) is 0 Å². The molecule has 4 rings (SSSR count). The third kappa shape index (κ3) is 2.00. The third-order valence-electron chi connectivity index (χ3n) is 4.70. The van der Waals surface area contributed by atoms with Crippen molar-refractivity contribution in [2.24, 2.45) is 0 Å². The molecule has 2 aromatic rings. The zero-order valence-electron chi connectivity index (χ0n) is 13.2. The van der Waals surface area contributed by atoms with E-state index in [1.165, 1.54) is 0 Å². The number of hydrogen-bond donors (Lipinski definition) is 0. The number of carbonyl (C=O) groups excluding carboxylic acids is 2. The molecule has 122 valence electrons. The highest BCUT2D eigenvalue weighted by molar-refractivity contribution is 6.30. The first-order valence-electron chi connectivity index (χ1n) is 7.67. The number of benzene rings is 2. The fourth-order valence-corrected chi connectivity index (χ4v) is 3.63. The van der Waals surface area contributed by atoms with Crippen molar-refractivity contribution in [2.75, 3.05) is 0 Å². The van der Waals surface area contributed by atoms with Crippen molar-refractivity contribution in [3.05, 3.63) is 70.2 Å². The second-order valence-corrected chi connectivity index (χ2v) is 6.84. The second kappa shape index (κ2) is 4.99. The monoisotopic (exact) mass is 342 g/mol. The molecule has 2 bridgehead atoms. The molecule has 0 amide bonds. The summed E-state index contributed by atoms with van der Waals surface area (Å²) in [6.45, 7) is 3.24. The fraction of sp³-hybridized carbons (Fsp3) is 0.263. The van der Waals surface area contributed by atoms with E-state index >= 15 is 0 Å². The molecule has 0 radical (unpaired) electrons. The first-order valence-corrected chi connectivity index (χ1v) is 8.05. The maximum atomic E-state index is 13.2. The number of Topliss-reactive ketones (excluding diaryl/α,β-unsaturated/α-hetero) is 2. The van der Waals surface area contributed by atoms with E-state index in [0.717, 1.165) is 5.56 Å². The van der Waals surface area contributed by atoms with Crippen LogP contribution < -0.4 is 0 Å². The lowest BCUT2D eigenvalue weighted by molar-refractivity contribution is -0.131. The molecule has 0 aliphatic carbocycles. The summed E-state index contributed by atoms with van der Waals surface area (Å²) >= 11 is 5.94. The molecular weight excluding hydrogens is 328 g/mol. The minimum absolute atomic E-state index is 0.257. The molecule has 1 fully saturated rings. The Labute approximate surface area is 144 Å². The Morgan fingerprint density at radius 1 is 0.917 bits per heavy atom. The largest absolute Gasteiger partial charge is 0.332 e. The summed E-state index contributed by atoms with van der Waals surface area (Å²) in [6.07, 6.45) is -0.690. The fourth-order valence-electron chi connectivity index (χ4n) is 3.50. The highest BCUT2D eigenvalue weighted by atomic mass is 35.5. The first-order chi connectivity index (χ1) is 11.3. The Morgan fingerprint density at radius 3 is 2.12 bits per heavy atom. The Morgan fingerprint density at radius 2 is 1.50 bits per heavy atom. The Kier molecular flexibility index (Phi) is 3.23. The van der Waals surface area contributed by atoms with Gasteiger partial charge in [-0.15, -0.1) is 0 Å². The van der Waals surface area contributed by atoms with Gasteiger partial charge in [0.05, 0.1) is 0 Å². The van der Waals surface area contributed by atoms with Crippen LogP contribution in [0.1, 0.15) is 46.2 Å². The molecule has 1 saturated heterocycles. The van der Waals surface area contributed by atoms with E-state index in [1.807, 2.05) is 0 Å². The van der Waals surface area contributed by atoms with Gasteiger partial charge in [-0.3, -0.25) is 9.59 Å². The summed E-state index contributed by atoms with van der Waals surface area (Å²) in [5.41, 5.74) is 0.163. The Balaban J connectivity index is 1.91. The van der Waals surface area contributed by atoms with Crippen molar-refractivity contribution in [1.82, 2.24) is 0 Å². The first kappa shape index (κ1) is 15.5. The van der Waals surface area contributed by atoms with E-state index < -0.39 is 17.5 Å². The van der Waals surface area contributed by atoms with Crippen LogP contribution in [0.5, 0.6) is 0 Å². The number of hydrogen-bond acceptors (Lipinski definition) is 4. The van der Waals surface area contributed by atoms with Gasteiger partial charge in [0.1, 0.15) is 6.10 Å². The predicted molar refractivity (Wildman–Crippen MR) is 88.3 cm³/mol. The van der Waals surface area contributed by atoms with Gasteiger partial charge in [0.2, 0.25) is 11.6 Å². The summed E-state index contributed by atoms with van der Waals surface area (Å²) in [4.78, 5) is 26.1. The van der Waals surface area contributed by atoms with E-state index in [0.29, 0.717) is 16.1 Å². The smallest absolute Gasteiger partial charge is 0.232 e. The maximum absolute atomic E-state index is 13.2. The van der Waals surface area contributed by atoms with Crippen LogP contribution >= 0.6 is 11.6 Å². The molecule has 5 heteroatoms. The molecule has 0 N–H and O–H groups in total. The SMILES string of the molecule is C[C@@]12O[C@H](c3ccc(Cl)cc3)[C@@](C)(O1)C(=O)c1ccccc1C2=O. The Hall–Kier alpha value is -2.01. The van der Waals surface area contributed by atoms with Crippen molar-refractivity contribution >= 4 is 23.2 Å². The van der Waals surface area contributed by atoms with Crippen LogP contribution in [0.25, 0.3) is 0 Å². The number of rotatable bonds is 1. The molecule has 2 aliphatic rings. The summed E-state index contributed by atoms with van der Waals surface area (Å²) in [5.74, 6) is -2.10. The van der Waals surface area contributed by atoms with Gasteiger partial charge in [-0.1, -0.05) is 48.0 Å². The zero-order chi connectivity index (χ0) is 17.1. The minimum atomic E-state index is -1.50. The standard InChI is InChI=1S/C19H15ClO4/c1-18-15(21)13-5-3-4-6-14(13)16(22)19(2,24-18)23-17(18)11-7-9-12(20)10-8-11/h3-10,17H,1-2H3/t17-,18+,19-/m1/s1. The van der Waals surface area contributed by atoms with Crippen LogP contribution in [0.4, 0.5) is 0 Å². The molecular formula is C19H15ClO4. The van der Waals surface area contributed by atoms with Gasteiger partial charge in [-0.05, 0) is 31.5 Å². The maximum Gasteiger partial charge on any atom is 0.232 e.